The summed E-state index contributed by atoms with van der Waals surface area (Å²) in [5, 5.41) is 0. The van der Waals surface area contributed by atoms with E-state index in [1.54, 1.807) is 0 Å². The van der Waals surface area contributed by atoms with Gasteiger partial charge in [0.15, 0.2) is 0 Å². The molecule has 0 aromatic carbocycles. The van der Waals surface area contributed by atoms with Crippen molar-refractivity contribution < 1.29 is 70.2 Å². The van der Waals surface area contributed by atoms with Crippen molar-refractivity contribution >= 4 is 0 Å². The predicted molar refractivity (Wildman–Crippen MR) is 39.0 cm³/mol. The molecule has 0 radical (unpaired) electrons. The van der Waals surface area contributed by atoms with Gasteiger partial charge in [-0.1, -0.05) is 0 Å². The van der Waals surface area contributed by atoms with E-state index in [4.69, 9.17) is 0 Å². The lowest BCUT2D eigenvalue weighted by atomic mass is 9.42. The molecule has 0 N–H and O–H groups in total. The van der Waals surface area contributed by atoms with Gasteiger partial charge in [0.1, 0.15) is 0 Å². The summed E-state index contributed by atoms with van der Waals surface area (Å²) in [7, 11) is 0. The Morgan fingerprint density at radius 3 is 0.542 bits per heavy atom. The van der Waals surface area contributed by atoms with Gasteiger partial charge < -0.3 is 0 Å². The summed E-state index contributed by atoms with van der Waals surface area (Å²) in [6.45, 7) is 0. The number of rotatable bonds is 0. The quantitative estimate of drug-likeness (QED) is 0.472. The second-order valence-electron chi connectivity index (χ2n) is 4.64. The Balaban J connectivity index is 4.25. The molecule has 1 rings (SSSR count). The van der Waals surface area contributed by atoms with Crippen LogP contribution in [-0.4, -0.2) is 36.6 Å². The van der Waals surface area contributed by atoms with Crippen LogP contribution in [0.1, 0.15) is 0 Å². The van der Waals surface area contributed by atoms with Crippen LogP contribution in [0.15, 0.2) is 0 Å². The Hall–Kier alpha value is -1.12. The zero-order valence-corrected chi connectivity index (χ0v) is 10.0. The predicted octanol–water partition coefficient (Wildman–Crippen LogP) is 5.49. The van der Waals surface area contributed by atoms with Gasteiger partial charge in [0, 0.05) is 0 Å². The highest BCUT2D eigenvalue weighted by Gasteiger charge is 3.17. The van der Waals surface area contributed by atoms with Gasteiger partial charge in [0.05, 0.1) is 0 Å². The number of halogens is 16. The molecule has 144 valence electrons. The zero-order chi connectivity index (χ0) is 20.0. The maximum atomic E-state index is 13.0. The number of hydrogen-bond donors (Lipinski definition) is 0. The van der Waals surface area contributed by atoms with Crippen LogP contribution in [-0.2, 0) is 0 Å². The van der Waals surface area contributed by atoms with E-state index in [9.17, 15) is 70.2 Å². The summed E-state index contributed by atoms with van der Waals surface area (Å²) in [6.07, 6.45) is -32.3. The van der Waals surface area contributed by atoms with Gasteiger partial charge in [-0.2, -0.15) is 70.2 Å². The van der Waals surface area contributed by atoms with Crippen molar-refractivity contribution in [2.75, 3.05) is 0 Å². The van der Waals surface area contributed by atoms with Crippen molar-refractivity contribution in [2.24, 2.45) is 10.8 Å². The minimum Gasteiger partial charge on any atom is -0.198 e. The van der Waals surface area contributed by atoms with Crippen molar-refractivity contribution in [3.8, 4) is 0 Å². The topological polar surface area (TPSA) is 0 Å². The summed E-state index contributed by atoms with van der Waals surface area (Å²) in [4.78, 5) is 0. The molecule has 16 heteroatoms. The normalized spacial score (nSPS) is 26.0. The molecule has 0 atom stereocenters. The average Bonchev–Trinajstić information content (AvgIpc) is 2.15. The van der Waals surface area contributed by atoms with Gasteiger partial charge in [-0.15, -0.1) is 0 Å². The molecule has 0 aliphatic heterocycles. The molecule has 0 heterocycles. The van der Waals surface area contributed by atoms with Crippen molar-refractivity contribution in [1.29, 1.82) is 0 Å². The summed E-state index contributed by atoms with van der Waals surface area (Å²) in [5.41, 5.74) is -16.2. The Kier molecular flexibility index (Phi) is 3.78. The summed E-state index contributed by atoms with van der Waals surface area (Å²) in [5.74, 6) is -15.6. The van der Waals surface area contributed by atoms with E-state index in [-0.39, 0.29) is 0 Å². The Bertz CT molecular complexity index is 432. The van der Waals surface area contributed by atoms with Crippen LogP contribution in [0.2, 0.25) is 0 Å². The second-order valence-corrected chi connectivity index (χ2v) is 4.64. The van der Waals surface area contributed by atoms with Crippen LogP contribution in [0.4, 0.5) is 70.2 Å². The third-order valence-corrected chi connectivity index (χ3v) is 3.60. The molecule has 1 aliphatic carbocycles. The highest BCUT2D eigenvalue weighted by Crippen LogP contribution is 2.89. The lowest BCUT2D eigenvalue weighted by molar-refractivity contribution is -0.625. The molecule has 0 saturated heterocycles. The fourth-order valence-electron chi connectivity index (χ4n) is 2.76. The molecule has 0 nitrogen and oxygen atoms in total. The van der Waals surface area contributed by atoms with E-state index < -0.39 is 47.4 Å². The van der Waals surface area contributed by atoms with E-state index in [1.807, 2.05) is 0 Å². The molecule has 1 aliphatic rings. The highest BCUT2D eigenvalue weighted by molar-refractivity contribution is 5.36. The van der Waals surface area contributed by atoms with Crippen LogP contribution in [0.25, 0.3) is 0 Å². The van der Waals surface area contributed by atoms with Crippen molar-refractivity contribution in [3.05, 3.63) is 0 Å². The minimum atomic E-state index is -8.12. The maximum Gasteiger partial charge on any atom is 0.410 e. The van der Waals surface area contributed by atoms with Crippen molar-refractivity contribution in [3.63, 3.8) is 0 Å². The van der Waals surface area contributed by atoms with Gasteiger partial charge in [-0.05, 0) is 0 Å². The first-order valence-corrected chi connectivity index (χ1v) is 5.02. The highest BCUT2D eigenvalue weighted by atomic mass is 19.4. The van der Waals surface area contributed by atoms with E-state index >= 15 is 0 Å². The number of hydrogen-bond acceptors (Lipinski definition) is 0. The largest absolute Gasteiger partial charge is 0.410 e. The monoisotopic (exact) mass is 400 g/mol. The van der Waals surface area contributed by atoms with Crippen LogP contribution < -0.4 is 0 Å². The van der Waals surface area contributed by atoms with Crippen LogP contribution in [0.5, 0.6) is 0 Å². The molecular weight excluding hydrogens is 400 g/mol. The van der Waals surface area contributed by atoms with E-state index in [0.717, 1.165) is 0 Å². The molecule has 0 spiro atoms. The molecule has 24 heavy (non-hydrogen) atoms. The van der Waals surface area contributed by atoms with Crippen molar-refractivity contribution in [2.45, 2.75) is 36.6 Å². The first kappa shape index (κ1) is 20.9. The minimum absolute atomic E-state index is 7.78. The van der Waals surface area contributed by atoms with Crippen LogP contribution in [0, 0.1) is 10.8 Å². The Morgan fingerprint density at radius 2 is 0.458 bits per heavy atom. The molecule has 1 fully saturated rings. The smallest absolute Gasteiger partial charge is 0.198 e. The van der Waals surface area contributed by atoms with Crippen molar-refractivity contribution in [1.82, 2.24) is 0 Å². The van der Waals surface area contributed by atoms with E-state index in [0.29, 0.717) is 0 Å². The first-order valence-electron chi connectivity index (χ1n) is 5.02. The summed E-state index contributed by atoms with van der Waals surface area (Å²) in [6, 6.07) is 0. The third kappa shape index (κ3) is 1.64. The summed E-state index contributed by atoms with van der Waals surface area (Å²) < 4.78 is 202. The fourth-order valence-corrected chi connectivity index (χ4v) is 2.76. The zero-order valence-electron chi connectivity index (χ0n) is 10.0. The molecule has 1 saturated carbocycles. The van der Waals surface area contributed by atoms with E-state index in [2.05, 4.69) is 0 Å². The van der Waals surface area contributed by atoms with Gasteiger partial charge in [-0.3, -0.25) is 0 Å². The van der Waals surface area contributed by atoms with Crippen LogP contribution >= 0.6 is 0 Å². The first-order chi connectivity index (χ1) is 10.0. The molecule has 0 aromatic rings. The lowest BCUT2D eigenvalue weighted by Gasteiger charge is -2.66. The molecule has 0 amide bonds. The van der Waals surface area contributed by atoms with Gasteiger partial charge in [0.2, 0.25) is 0 Å². The third-order valence-electron chi connectivity index (χ3n) is 3.60. The molecular formula is C8F16. The van der Waals surface area contributed by atoms with E-state index in [1.165, 1.54) is 0 Å². The lowest BCUT2D eigenvalue weighted by Crippen LogP contribution is -2.95. The molecule has 0 aromatic heterocycles. The summed E-state index contributed by atoms with van der Waals surface area (Å²) >= 11 is 0. The van der Waals surface area contributed by atoms with Gasteiger partial charge in [-0.25, -0.2) is 0 Å². The van der Waals surface area contributed by atoms with Gasteiger partial charge >= 0.3 is 36.6 Å². The Morgan fingerprint density at radius 1 is 0.333 bits per heavy atom. The average molecular weight is 400 g/mol. The Labute approximate surface area is 119 Å². The molecule has 0 bridgehead atoms. The van der Waals surface area contributed by atoms with Crippen LogP contribution in [0.3, 0.4) is 0 Å². The SMILES string of the molecule is FC(F)(F)C1(C(F)(F)F)C(F)(F)C(F)(F)C1(C(F)(F)F)C(F)(F)F. The molecule has 0 unspecified atom stereocenters. The second kappa shape index (κ2) is 4.34. The number of alkyl halides is 16. The fraction of sp³-hybridized carbons (Fsp3) is 1.00. The standard InChI is InChI=1S/C8F16/c9-3(10)1(5(13,14)15,6(16,17)18)2(4(3,11)12,7(19,20)21)8(22,23)24. The maximum absolute atomic E-state index is 13.0. The van der Waals surface area contributed by atoms with Gasteiger partial charge in [0.25, 0.3) is 10.8 Å².